The highest BCUT2D eigenvalue weighted by molar-refractivity contribution is 7.71. The fourth-order valence-electron chi connectivity index (χ4n) is 3.75. The lowest BCUT2D eigenvalue weighted by molar-refractivity contribution is -0.108. The Balaban J connectivity index is 1.89. The monoisotopic (exact) mass is 432 g/mol. The molecule has 3 aromatic carbocycles. The van der Waals surface area contributed by atoms with E-state index in [9.17, 15) is 18.0 Å². The quantitative estimate of drug-likeness (QED) is 0.358. The minimum atomic E-state index is -2.52. The van der Waals surface area contributed by atoms with E-state index in [-0.39, 0.29) is 11.5 Å². The molecule has 1 aliphatic rings. The van der Waals surface area contributed by atoms with Crippen LogP contribution in [0, 0.1) is 0 Å². The van der Waals surface area contributed by atoms with Gasteiger partial charge >= 0.3 is 0 Å². The predicted octanol–water partition coefficient (Wildman–Crippen LogP) is 4.24. The largest absolute Gasteiger partial charge is 0.456 e. The fraction of sp³-hybridized carbons (Fsp3) is 0.120. The predicted molar refractivity (Wildman–Crippen MR) is 120 cm³/mol. The van der Waals surface area contributed by atoms with Crippen LogP contribution >= 0.6 is 0 Å². The van der Waals surface area contributed by atoms with Gasteiger partial charge in [-0.25, -0.2) is 8.42 Å². The molecule has 0 spiro atoms. The maximum Gasteiger partial charge on any atom is 0.159 e. The average Bonchev–Trinajstić information content (AvgIpc) is 2.78. The van der Waals surface area contributed by atoms with Gasteiger partial charge in [-0.1, -0.05) is 66.7 Å². The van der Waals surface area contributed by atoms with Gasteiger partial charge in [0.05, 0.1) is 11.7 Å². The van der Waals surface area contributed by atoms with Crippen LogP contribution in [0.3, 0.4) is 0 Å². The molecule has 0 aromatic heterocycles. The maximum absolute atomic E-state index is 12.2. The summed E-state index contributed by atoms with van der Waals surface area (Å²) in [6, 6.07) is 21.6. The van der Waals surface area contributed by atoms with Gasteiger partial charge in [0, 0.05) is 22.3 Å². The third kappa shape index (κ3) is 4.20. The number of ether oxygens (including phenoxy) is 1. The van der Waals surface area contributed by atoms with Gasteiger partial charge in [0.15, 0.2) is 5.78 Å². The standard InChI is InChI=1S/C25H20O5S/c1-16(27)18-10-12-19(13-11-18)24-22(14-26)21-4-2-3-5-23(21)30-25(24)20-8-6-17(7-9-20)15-31(28)29/h2-14,22,31H,15H2,1H3. The van der Waals surface area contributed by atoms with E-state index in [1.54, 1.807) is 36.4 Å². The van der Waals surface area contributed by atoms with Crippen molar-refractivity contribution in [1.29, 1.82) is 0 Å². The summed E-state index contributed by atoms with van der Waals surface area (Å²) in [4.78, 5) is 23.9. The van der Waals surface area contributed by atoms with Crippen LogP contribution in [-0.2, 0) is 21.3 Å². The lowest BCUT2D eigenvalue weighted by atomic mass is 9.83. The zero-order valence-electron chi connectivity index (χ0n) is 16.8. The van der Waals surface area contributed by atoms with Gasteiger partial charge in [-0.3, -0.25) is 4.79 Å². The second-order valence-corrected chi connectivity index (χ2v) is 8.30. The summed E-state index contributed by atoms with van der Waals surface area (Å²) < 4.78 is 28.3. The normalized spacial score (nSPS) is 15.4. The molecule has 0 saturated heterocycles. The molecule has 31 heavy (non-hydrogen) atoms. The Morgan fingerprint density at radius 2 is 1.58 bits per heavy atom. The molecule has 4 rings (SSSR count). The summed E-state index contributed by atoms with van der Waals surface area (Å²) in [5, 5.41) is 0. The van der Waals surface area contributed by atoms with E-state index < -0.39 is 16.6 Å². The highest BCUT2D eigenvalue weighted by Gasteiger charge is 2.31. The van der Waals surface area contributed by atoms with Crippen molar-refractivity contribution in [2.75, 3.05) is 0 Å². The molecule has 1 unspecified atom stereocenters. The Hall–Kier alpha value is -3.51. The number of thiol groups is 1. The zero-order valence-corrected chi connectivity index (χ0v) is 17.7. The molecule has 1 aliphatic heterocycles. The number of rotatable bonds is 6. The summed E-state index contributed by atoms with van der Waals surface area (Å²) in [6.07, 6.45) is 0.895. The number of carbonyl (C=O) groups is 2. The number of hydrogen-bond donors (Lipinski definition) is 1. The van der Waals surface area contributed by atoms with Crippen LogP contribution in [0.25, 0.3) is 11.3 Å². The minimum Gasteiger partial charge on any atom is -0.456 e. The van der Waals surface area contributed by atoms with E-state index in [1.165, 1.54) is 6.92 Å². The molecular formula is C25H20O5S. The Morgan fingerprint density at radius 3 is 2.19 bits per heavy atom. The first-order valence-electron chi connectivity index (χ1n) is 9.76. The summed E-state index contributed by atoms with van der Waals surface area (Å²) >= 11 is 0. The van der Waals surface area contributed by atoms with E-state index in [1.807, 2.05) is 36.4 Å². The van der Waals surface area contributed by atoms with Gasteiger partial charge < -0.3 is 9.53 Å². The zero-order chi connectivity index (χ0) is 22.0. The summed E-state index contributed by atoms with van der Waals surface area (Å²) in [7, 11) is -2.52. The lowest BCUT2D eigenvalue weighted by Gasteiger charge is -2.28. The second-order valence-electron chi connectivity index (χ2n) is 7.32. The molecule has 156 valence electrons. The molecule has 0 bridgehead atoms. The fourth-order valence-corrected chi connectivity index (χ4v) is 4.26. The molecular weight excluding hydrogens is 412 g/mol. The number of Topliss-reactive ketones (excluding diaryl/α,β-unsaturated/α-hetero) is 1. The first kappa shape index (κ1) is 20.8. The Kier molecular flexibility index (Phi) is 5.82. The van der Waals surface area contributed by atoms with Crippen LogP contribution in [0.1, 0.15) is 45.5 Å². The van der Waals surface area contributed by atoms with Gasteiger partial charge in [0.25, 0.3) is 0 Å². The number of hydrogen-bond acceptors (Lipinski definition) is 5. The Morgan fingerprint density at radius 1 is 0.935 bits per heavy atom. The Labute approximate surface area is 181 Å². The van der Waals surface area contributed by atoms with Crippen LogP contribution in [-0.4, -0.2) is 20.5 Å². The Bertz CT molecular complexity index is 1240. The first-order valence-corrected chi connectivity index (χ1v) is 11.1. The topological polar surface area (TPSA) is 77.5 Å². The molecule has 6 heteroatoms. The van der Waals surface area contributed by atoms with E-state index in [0.717, 1.165) is 23.0 Å². The van der Waals surface area contributed by atoms with E-state index >= 15 is 0 Å². The third-order valence-corrected chi connectivity index (χ3v) is 5.91. The maximum atomic E-state index is 12.2. The summed E-state index contributed by atoms with van der Waals surface area (Å²) in [5.74, 6) is 0.522. The smallest absolute Gasteiger partial charge is 0.159 e. The van der Waals surface area contributed by atoms with Crippen LogP contribution in [0.15, 0.2) is 72.8 Å². The summed E-state index contributed by atoms with van der Waals surface area (Å²) in [6.45, 7) is 1.51. The van der Waals surface area contributed by atoms with Gasteiger partial charge in [0.1, 0.15) is 28.5 Å². The number of allylic oxidation sites excluding steroid dienone is 1. The highest BCUT2D eigenvalue weighted by Crippen LogP contribution is 2.45. The van der Waals surface area contributed by atoms with Crippen molar-refractivity contribution >= 4 is 34.1 Å². The number of benzene rings is 3. The molecule has 0 aliphatic carbocycles. The molecule has 0 amide bonds. The molecule has 0 N–H and O–H groups in total. The molecule has 3 aromatic rings. The number of aldehydes is 1. The van der Waals surface area contributed by atoms with Crippen molar-refractivity contribution in [2.45, 2.75) is 18.6 Å². The van der Waals surface area contributed by atoms with Gasteiger partial charge in [-0.2, -0.15) is 0 Å². The molecule has 1 heterocycles. The van der Waals surface area contributed by atoms with E-state index in [4.69, 9.17) is 4.74 Å². The number of ketones is 1. The van der Waals surface area contributed by atoms with E-state index in [2.05, 4.69) is 0 Å². The van der Waals surface area contributed by atoms with Crippen LogP contribution in [0.2, 0.25) is 0 Å². The number of carbonyl (C=O) groups excluding carboxylic acids is 2. The molecule has 0 fully saturated rings. The van der Waals surface area contributed by atoms with Crippen molar-refractivity contribution in [1.82, 2.24) is 0 Å². The minimum absolute atomic E-state index is 0.0331. The van der Waals surface area contributed by atoms with Crippen LogP contribution < -0.4 is 4.74 Å². The number of fused-ring (bicyclic) bond motifs is 1. The van der Waals surface area contributed by atoms with Crippen molar-refractivity contribution in [3.05, 3.63) is 101 Å². The first-order chi connectivity index (χ1) is 15.0. The molecule has 1 atom stereocenters. The molecule has 0 saturated carbocycles. The SMILES string of the molecule is CC(=O)c1ccc(C2=C(c3ccc(C[SH](=O)=O)cc3)Oc3ccccc3C2C=O)cc1. The number of para-hydroxylation sites is 1. The van der Waals surface area contributed by atoms with Crippen molar-refractivity contribution < 1.29 is 22.7 Å². The van der Waals surface area contributed by atoms with Crippen molar-refractivity contribution in [2.24, 2.45) is 0 Å². The summed E-state index contributed by atoms with van der Waals surface area (Å²) in [5.41, 5.74) is 4.24. The average molecular weight is 432 g/mol. The van der Waals surface area contributed by atoms with Gasteiger partial charge in [0.2, 0.25) is 0 Å². The second kappa shape index (κ2) is 8.70. The van der Waals surface area contributed by atoms with Crippen LogP contribution in [0.4, 0.5) is 0 Å². The van der Waals surface area contributed by atoms with E-state index in [0.29, 0.717) is 28.2 Å². The molecule has 5 nitrogen and oxygen atoms in total. The van der Waals surface area contributed by atoms with Gasteiger partial charge in [-0.15, -0.1) is 0 Å². The van der Waals surface area contributed by atoms with Gasteiger partial charge in [-0.05, 0) is 24.1 Å². The van der Waals surface area contributed by atoms with Crippen molar-refractivity contribution in [3.8, 4) is 5.75 Å². The highest BCUT2D eigenvalue weighted by atomic mass is 32.2. The molecule has 0 radical (unpaired) electrons. The van der Waals surface area contributed by atoms with Crippen LogP contribution in [0.5, 0.6) is 5.75 Å². The lowest BCUT2D eigenvalue weighted by Crippen LogP contribution is -2.16. The third-order valence-electron chi connectivity index (χ3n) is 5.29. The van der Waals surface area contributed by atoms with Crippen molar-refractivity contribution in [3.63, 3.8) is 0 Å².